The first-order valence-corrected chi connectivity index (χ1v) is 7.84. The van der Waals surface area contributed by atoms with Crippen LogP contribution in [0, 0.1) is 0 Å². The molecular formula is C18H20ClNO. The van der Waals surface area contributed by atoms with Gasteiger partial charge in [-0.3, -0.25) is 0 Å². The Labute approximate surface area is 131 Å². The van der Waals surface area contributed by atoms with Crippen LogP contribution in [0.25, 0.3) is 0 Å². The third kappa shape index (κ3) is 3.39. The highest BCUT2D eigenvalue weighted by Gasteiger charge is 2.12. The van der Waals surface area contributed by atoms with Crippen LogP contribution in [0.3, 0.4) is 0 Å². The van der Waals surface area contributed by atoms with Crippen LogP contribution in [0.2, 0.25) is 5.02 Å². The number of halogens is 1. The SMILES string of the molecule is CC(NCCc1ccc2c(c1)CCO2)c1ccccc1Cl. The van der Waals surface area contributed by atoms with Crippen LogP contribution in [-0.2, 0) is 12.8 Å². The zero-order valence-electron chi connectivity index (χ0n) is 12.2. The second-order valence-electron chi connectivity index (χ2n) is 5.49. The Hall–Kier alpha value is -1.51. The van der Waals surface area contributed by atoms with E-state index >= 15 is 0 Å². The predicted octanol–water partition coefficient (Wildman–Crippen LogP) is 4.17. The number of rotatable bonds is 5. The molecule has 0 aliphatic carbocycles. The standard InChI is InChI=1S/C18H20ClNO/c1-13(16-4-2-3-5-17(16)19)20-10-8-14-6-7-18-15(12-14)9-11-21-18/h2-7,12-13,20H,8-11H2,1H3. The molecule has 0 saturated carbocycles. The second kappa shape index (κ2) is 6.50. The van der Waals surface area contributed by atoms with E-state index in [2.05, 4.69) is 36.5 Å². The largest absolute Gasteiger partial charge is 0.493 e. The summed E-state index contributed by atoms with van der Waals surface area (Å²) in [6.07, 6.45) is 2.05. The fourth-order valence-electron chi connectivity index (χ4n) is 2.76. The molecule has 2 aromatic rings. The van der Waals surface area contributed by atoms with E-state index < -0.39 is 0 Å². The Kier molecular flexibility index (Phi) is 4.47. The molecular weight excluding hydrogens is 282 g/mol. The Morgan fingerprint density at radius 1 is 1.24 bits per heavy atom. The Morgan fingerprint density at radius 2 is 2.10 bits per heavy atom. The van der Waals surface area contributed by atoms with Crippen LogP contribution in [0.5, 0.6) is 5.75 Å². The monoisotopic (exact) mass is 301 g/mol. The van der Waals surface area contributed by atoms with Gasteiger partial charge in [0.05, 0.1) is 6.61 Å². The molecule has 0 spiro atoms. The quantitative estimate of drug-likeness (QED) is 0.895. The number of ether oxygens (including phenoxy) is 1. The first kappa shape index (κ1) is 14.4. The van der Waals surface area contributed by atoms with Crippen LogP contribution in [-0.4, -0.2) is 13.2 Å². The van der Waals surface area contributed by atoms with Gasteiger partial charge < -0.3 is 10.1 Å². The number of nitrogens with one attached hydrogen (secondary N) is 1. The predicted molar refractivity (Wildman–Crippen MR) is 87.2 cm³/mol. The highest BCUT2D eigenvalue weighted by Crippen LogP contribution is 2.26. The van der Waals surface area contributed by atoms with Crippen LogP contribution in [0.15, 0.2) is 42.5 Å². The third-order valence-electron chi connectivity index (χ3n) is 3.99. The van der Waals surface area contributed by atoms with Crippen molar-refractivity contribution in [2.45, 2.75) is 25.8 Å². The molecule has 1 heterocycles. The van der Waals surface area contributed by atoms with Gasteiger partial charge in [-0.15, -0.1) is 0 Å². The van der Waals surface area contributed by atoms with E-state index in [1.807, 2.05) is 18.2 Å². The molecule has 1 aliphatic rings. The molecule has 1 N–H and O–H groups in total. The van der Waals surface area contributed by atoms with Gasteiger partial charge in [0.25, 0.3) is 0 Å². The fraction of sp³-hybridized carbons (Fsp3) is 0.333. The molecule has 1 aliphatic heterocycles. The summed E-state index contributed by atoms with van der Waals surface area (Å²) in [6.45, 7) is 3.91. The Morgan fingerprint density at radius 3 is 2.95 bits per heavy atom. The minimum Gasteiger partial charge on any atom is -0.493 e. The lowest BCUT2D eigenvalue weighted by Crippen LogP contribution is -2.21. The van der Waals surface area contributed by atoms with Crippen molar-refractivity contribution in [3.8, 4) is 5.75 Å². The average molecular weight is 302 g/mol. The van der Waals surface area contributed by atoms with Crippen molar-refractivity contribution in [3.05, 3.63) is 64.2 Å². The van der Waals surface area contributed by atoms with E-state index in [1.54, 1.807) is 0 Å². The van der Waals surface area contributed by atoms with Crippen molar-refractivity contribution in [1.82, 2.24) is 5.32 Å². The van der Waals surface area contributed by atoms with Crippen LogP contribution in [0.4, 0.5) is 0 Å². The number of benzene rings is 2. The van der Waals surface area contributed by atoms with E-state index in [0.717, 1.165) is 42.3 Å². The topological polar surface area (TPSA) is 21.3 Å². The Bertz CT molecular complexity index is 626. The second-order valence-corrected chi connectivity index (χ2v) is 5.90. The van der Waals surface area contributed by atoms with Gasteiger partial charge in [0, 0.05) is 17.5 Å². The van der Waals surface area contributed by atoms with E-state index in [4.69, 9.17) is 16.3 Å². The van der Waals surface area contributed by atoms with Crippen LogP contribution in [0.1, 0.15) is 29.7 Å². The minimum absolute atomic E-state index is 0.261. The van der Waals surface area contributed by atoms with Crippen molar-refractivity contribution >= 4 is 11.6 Å². The summed E-state index contributed by atoms with van der Waals surface area (Å²) < 4.78 is 5.54. The molecule has 3 rings (SSSR count). The fourth-order valence-corrected chi connectivity index (χ4v) is 3.06. The first-order valence-electron chi connectivity index (χ1n) is 7.46. The van der Waals surface area contributed by atoms with Gasteiger partial charge in [-0.25, -0.2) is 0 Å². The van der Waals surface area contributed by atoms with Gasteiger partial charge in [0.2, 0.25) is 0 Å². The Balaban J connectivity index is 1.55. The van der Waals surface area contributed by atoms with Gasteiger partial charge in [0.15, 0.2) is 0 Å². The molecule has 110 valence electrons. The van der Waals surface area contributed by atoms with Crippen molar-refractivity contribution in [1.29, 1.82) is 0 Å². The van der Waals surface area contributed by atoms with Crippen molar-refractivity contribution in [2.24, 2.45) is 0 Å². The van der Waals surface area contributed by atoms with Crippen LogP contribution >= 0.6 is 11.6 Å². The van der Waals surface area contributed by atoms with Crippen molar-refractivity contribution in [2.75, 3.05) is 13.2 Å². The summed E-state index contributed by atoms with van der Waals surface area (Å²) in [7, 11) is 0. The molecule has 1 unspecified atom stereocenters. The molecule has 2 aromatic carbocycles. The van der Waals surface area contributed by atoms with E-state index in [0.29, 0.717) is 0 Å². The lowest BCUT2D eigenvalue weighted by molar-refractivity contribution is 0.357. The number of hydrogen-bond donors (Lipinski definition) is 1. The maximum absolute atomic E-state index is 6.23. The van der Waals surface area contributed by atoms with Gasteiger partial charge in [-0.1, -0.05) is 41.9 Å². The normalized spacial score (nSPS) is 14.6. The summed E-state index contributed by atoms with van der Waals surface area (Å²) in [5.74, 6) is 1.05. The third-order valence-corrected chi connectivity index (χ3v) is 4.33. The van der Waals surface area contributed by atoms with Crippen molar-refractivity contribution < 1.29 is 4.74 Å². The van der Waals surface area contributed by atoms with E-state index in [-0.39, 0.29) is 6.04 Å². The lowest BCUT2D eigenvalue weighted by Gasteiger charge is -2.15. The van der Waals surface area contributed by atoms with Gasteiger partial charge in [-0.2, -0.15) is 0 Å². The van der Waals surface area contributed by atoms with E-state index in [1.165, 1.54) is 11.1 Å². The summed E-state index contributed by atoms with van der Waals surface area (Å²) >= 11 is 6.23. The zero-order valence-corrected chi connectivity index (χ0v) is 13.0. The summed E-state index contributed by atoms with van der Waals surface area (Å²) in [4.78, 5) is 0. The van der Waals surface area contributed by atoms with E-state index in [9.17, 15) is 0 Å². The van der Waals surface area contributed by atoms with Crippen molar-refractivity contribution in [3.63, 3.8) is 0 Å². The van der Waals surface area contributed by atoms with Crippen LogP contribution < -0.4 is 10.1 Å². The van der Waals surface area contributed by atoms with Gasteiger partial charge in [-0.05, 0) is 48.7 Å². The molecule has 0 bridgehead atoms. The molecule has 21 heavy (non-hydrogen) atoms. The molecule has 0 amide bonds. The molecule has 3 heteroatoms. The number of hydrogen-bond acceptors (Lipinski definition) is 2. The average Bonchev–Trinajstić information content (AvgIpc) is 2.95. The minimum atomic E-state index is 0.261. The smallest absolute Gasteiger partial charge is 0.122 e. The number of fused-ring (bicyclic) bond motifs is 1. The summed E-state index contributed by atoms with van der Waals surface area (Å²) in [5, 5.41) is 4.37. The maximum atomic E-state index is 6.23. The molecule has 2 nitrogen and oxygen atoms in total. The zero-order chi connectivity index (χ0) is 14.7. The first-order chi connectivity index (χ1) is 10.2. The molecule has 0 fully saturated rings. The van der Waals surface area contributed by atoms with Gasteiger partial charge >= 0.3 is 0 Å². The highest BCUT2D eigenvalue weighted by atomic mass is 35.5. The molecule has 0 saturated heterocycles. The molecule has 0 radical (unpaired) electrons. The highest BCUT2D eigenvalue weighted by molar-refractivity contribution is 6.31. The lowest BCUT2D eigenvalue weighted by atomic mass is 10.1. The maximum Gasteiger partial charge on any atom is 0.122 e. The summed E-state index contributed by atoms with van der Waals surface area (Å²) in [5.41, 5.74) is 3.85. The molecule has 0 aromatic heterocycles. The molecule has 1 atom stereocenters. The van der Waals surface area contributed by atoms with Gasteiger partial charge in [0.1, 0.15) is 5.75 Å². The summed E-state index contributed by atoms with van der Waals surface area (Å²) in [6, 6.07) is 14.8.